The van der Waals surface area contributed by atoms with Gasteiger partial charge in [0.25, 0.3) is 0 Å². The molecule has 0 saturated heterocycles. The van der Waals surface area contributed by atoms with Crippen LogP contribution in [0.4, 0.5) is 0 Å². The molecular formula is C5H10NO2. The van der Waals surface area contributed by atoms with Crippen LogP contribution in [0.1, 0.15) is 13.3 Å². The van der Waals surface area contributed by atoms with Gasteiger partial charge >= 0.3 is 6.41 Å². The molecule has 0 spiro atoms. The third-order valence-electron chi connectivity index (χ3n) is 0.881. The van der Waals surface area contributed by atoms with E-state index in [4.69, 9.17) is 5.11 Å². The molecule has 3 heteroatoms. The summed E-state index contributed by atoms with van der Waals surface area (Å²) in [6.07, 6.45) is 1.71. The van der Waals surface area contributed by atoms with Gasteiger partial charge in [0, 0.05) is 6.54 Å². The van der Waals surface area contributed by atoms with Crippen LogP contribution < -0.4 is 5.32 Å². The molecule has 0 saturated carbocycles. The Hall–Kier alpha value is -0.570. The molecule has 0 heterocycles. The zero-order valence-corrected chi connectivity index (χ0v) is 4.85. The number of amides is 1. The minimum atomic E-state index is -0.420. The van der Waals surface area contributed by atoms with Crippen molar-refractivity contribution in [1.29, 1.82) is 0 Å². The molecule has 0 bridgehead atoms. The average Bonchev–Trinajstić information content (AvgIpc) is 1.83. The second-order valence-electron chi connectivity index (χ2n) is 1.55. The van der Waals surface area contributed by atoms with Gasteiger partial charge in [0.15, 0.2) is 0 Å². The number of nitrogens with one attached hydrogen (secondary N) is 1. The van der Waals surface area contributed by atoms with Gasteiger partial charge in [-0.25, -0.2) is 0 Å². The molecule has 1 atom stereocenters. The molecule has 1 unspecified atom stereocenters. The summed E-state index contributed by atoms with van der Waals surface area (Å²) in [6.45, 7) is 2.15. The van der Waals surface area contributed by atoms with Crippen LogP contribution in [-0.4, -0.2) is 24.2 Å². The van der Waals surface area contributed by atoms with Crippen molar-refractivity contribution >= 4 is 6.41 Å². The van der Waals surface area contributed by atoms with Crippen molar-refractivity contribution in [3.05, 3.63) is 0 Å². The number of aliphatic hydroxyl groups excluding tert-OH is 1. The Balaban J connectivity index is 2.97. The molecule has 3 nitrogen and oxygen atoms in total. The SMILES string of the molecule is CCC(O)CN[C]=O. The predicted octanol–water partition coefficient (Wildman–Crippen LogP) is -0.586. The zero-order chi connectivity index (χ0) is 6.41. The quantitative estimate of drug-likeness (QED) is 0.482. The molecule has 47 valence electrons. The number of carbonyl (C=O) groups excluding carboxylic acids is 1. The predicted molar refractivity (Wildman–Crippen MR) is 30.0 cm³/mol. The minimum absolute atomic E-state index is 0.306. The summed E-state index contributed by atoms with van der Waals surface area (Å²) in [4.78, 5) is 9.48. The minimum Gasteiger partial charge on any atom is -0.391 e. The lowest BCUT2D eigenvalue weighted by Gasteiger charge is -2.02. The summed E-state index contributed by atoms with van der Waals surface area (Å²) in [5.41, 5.74) is 0. The van der Waals surface area contributed by atoms with E-state index in [2.05, 4.69) is 5.32 Å². The zero-order valence-electron chi connectivity index (χ0n) is 4.85. The maximum Gasteiger partial charge on any atom is 0.309 e. The molecule has 0 aliphatic heterocycles. The Morgan fingerprint density at radius 3 is 2.88 bits per heavy atom. The van der Waals surface area contributed by atoms with Crippen LogP contribution in [0.3, 0.4) is 0 Å². The van der Waals surface area contributed by atoms with E-state index in [1.165, 1.54) is 6.41 Å². The molecule has 8 heavy (non-hydrogen) atoms. The standard InChI is InChI=1S/C5H10NO2/c1-2-5(8)3-6-4-7/h5,8H,2-3H2,1H3,(H,6,7). The van der Waals surface area contributed by atoms with Crippen molar-refractivity contribution in [2.45, 2.75) is 19.4 Å². The third kappa shape index (κ3) is 3.61. The second-order valence-corrected chi connectivity index (χ2v) is 1.55. The van der Waals surface area contributed by atoms with E-state index >= 15 is 0 Å². The normalized spacial score (nSPS) is 12.8. The summed E-state index contributed by atoms with van der Waals surface area (Å²) in [7, 11) is 0. The smallest absolute Gasteiger partial charge is 0.309 e. The highest BCUT2D eigenvalue weighted by Crippen LogP contribution is 1.83. The van der Waals surface area contributed by atoms with Crippen LogP contribution in [0.15, 0.2) is 0 Å². The molecule has 2 N–H and O–H groups in total. The van der Waals surface area contributed by atoms with Crippen LogP contribution in [0.5, 0.6) is 0 Å². The van der Waals surface area contributed by atoms with Crippen LogP contribution in [0.2, 0.25) is 0 Å². The van der Waals surface area contributed by atoms with Crippen LogP contribution in [0.25, 0.3) is 0 Å². The Morgan fingerprint density at radius 1 is 1.88 bits per heavy atom. The van der Waals surface area contributed by atoms with E-state index in [0.717, 1.165) is 0 Å². The van der Waals surface area contributed by atoms with Crippen molar-refractivity contribution < 1.29 is 9.90 Å². The van der Waals surface area contributed by atoms with Gasteiger partial charge in [0.05, 0.1) is 6.10 Å². The maximum atomic E-state index is 9.48. The van der Waals surface area contributed by atoms with E-state index in [1.807, 2.05) is 6.92 Å². The first kappa shape index (κ1) is 7.43. The van der Waals surface area contributed by atoms with Crippen molar-refractivity contribution in [2.24, 2.45) is 0 Å². The highest BCUT2D eigenvalue weighted by Gasteiger charge is 1.96. The molecule has 0 fully saturated rings. The molecule has 0 aliphatic rings. The van der Waals surface area contributed by atoms with E-state index in [1.54, 1.807) is 0 Å². The van der Waals surface area contributed by atoms with Gasteiger partial charge < -0.3 is 10.4 Å². The summed E-state index contributed by atoms with van der Waals surface area (Å²) < 4.78 is 0. The van der Waals surface area contributed by atoms with Crippen LogP contribution in [0, 0.1) is 0 Å². The first-order valence-corrected chi connectivity index (χ1v) is 2.59. The summed E-state index contributed by atoms with van der Waals surface area (Å²) in [6, 6.07) is 0. The molecule has 1 radical (unpaired) electrons. The fourth-order valence-corrected chi connectivity index (χ4v) is 0.304. The second kappa shape index (κ2) is 4.59. The molecule has 0 rings (SSSR count). The van der Waals surface area contributed by atoms with Crippen LogP contribution in [-0.2, 0) is 4.79 Å². The summed E-state index contributed by atoms with van der Waals surface area (Å²) in [5, 5.41) is 11.0. The first-order valence-electron chi connectivity index (χ1n) is 2.59. The highest BCUT2D eigenvalue weighted by molar-refractivity contribution is 5.46. The fourth-order valence-electron chi connectivity index (χ4n) is 0.304. The Kier molecular flexibility index (Phi) is 4.26. The number of hydrogen-bond acceptors (Lipinski definition) is 2. The Labute approximate surface area is 48.7 Å². The summed E-state index contributed by atoms with van der Waals surface area (Å²) >= 11 is 0. The van der Waals surface area contributed by atoms with E-state index in [-0.39, 0.29) is 0 Å². The summed E-state index contributed by atoms with van der Waals surface area (Å²) in [5.74, 6) is 0. The van der Waals surface area contributed by atoms with E-state index < -0.39 is 6.10 Å². The maximum absolute atomic E-state index is 9.48. The average molecular weight is 116 g/mol. The molecule has 0 aromatic carbocycles. The largest absolute Gasteiger partial charge is 0.391 e. The van der Waals surface area contributed by atoms with Crippen molar-refractivity contribution in [1.82, 2.24) is 5.32 Å². The van der Waals surface area contributed by atoms with Gasteiger partial charge in [-0.05, 0) is 6.42 Å². The number of hydrogen-bond donors (Lipinski definition) is 2. The lowest BCUT2D eigenvalue weighted by atomic mass is 10.3. The molecule has 0 aromatic heterocycles. The van der Waals surface area contributed by atoms with E-state index in [9.17, 15) is 4.79 Å². The molecule has 1 amide bonds. The van der Waals surface area contributed by atoms with Crippen molar-refractivity contribution in [3.8, 4) is 0 Å². The van der Waals surface area contributed by atoms with Gasteiger partial charge in [0.1, 0.15) is 0 Å². The third-order valence-corrected chi connectivity index (χ3v) is 0.881. The highest BCUT2D eigenvalue weighted by atomic mass is 16.3. The van der Waals surface area contributed by atoms with Gasteiger partial charge in [-0.2, -0.15) is 0 Å². The molecular weight excluding hydrogens is 106 g/mol. The molecule has 0 aliphatic carbocycles. The van der Waals surface area contributed by atoms with Gasteiger partial charge in [-0.1, -0.05) is 6.92 Å². The lowest BCUT2D eigenvalue weighted by Crippen LogP contribution is -2.24. The number of rotatable bonds is 4. The Morgan fingerprint density at radius 2 is 2.50 bits per heavy atom. The first-order chi connectivity index (χ1) is 3.81. The number of aliphatic hydroxyl groups is 1. The van der Waals surface area contributed by atoms with Crippen molar-refractivity contribution in [3.63, 3.8) is 0 Å². The lowest BCUT2D eigenvalue weighted by molar-refractivity contribution is 0.173. The molecule has 0 aromatic rings. The van der Waals surface area contributed by atoms with E-state index in [0.29, 0.717) is 13.0 Å². The van der Waals surface area contributed by atoms with Gasteiger partial charge in [-0.15, -0.1) is 0 Å². The monoisotopic (exact) mass is 116 g/mol. The van der Waals surface area contributed by atoms with Gasteiger partial charge in [-0.3, -0.25) is 4.79 Å². The topological polar surface area (TPSA) is 49.3 Å². The van der Waals surface area contributed by atoms with Gasteiger partial charge in [0.2, 0.25) is 0 Å². The van der Waals surface area contributed by atoms with Crippen molar-refractivity contribution in [2.75, 3.05) is 6.54 Å². The van der Waals surface area contributed by atoms with Crippen LogP contribution >= 0.6 is 0 Å². The fraction of sp³-hybridized carbons (Fsp3) is 0.800. The Bertz CT molecular complexity index is 65.4.